The number of hydrogen-bond acceptors (Lipinski definition) is 11. The average Bonchev–Trinajstić information content (AvgIpc) is 2.87. The van der Waals surface area contributed by atoms with Crippen molar-refractivity contribution in [2.45, 2.75) is 11.8 Å². The molecule has 0 N–H and O–H groups in total. The van der Waals surface area contributed by atoms with Gasteiger partial charge in [-0.05, 0) is 48.9 Å². The summed E-state index contributed by atoms with van der Waals surface area (Å²) < 4.78 is 68.6. The van der Waals surface area contributed by atoms with Gasteiger partial charge >= 0.3 is 69.2 Å². The molecule has 0 aliphatic heterocycles. The molecule has 0 aromatic heterocycles. The van der Waals surface area contributed by atoms with Gasteiger partial charge < -0.3 is 42.0 Å². The van der Waals surface area contributed by atoms with E-state index in [1.165, 1.54) is 64.9 Å². The van der Waals surface area contributed by atoms with E-state index in [1.54, 1.807) is 31.2 Å². The third-order valence-corrected chi connectivity index (χ3v) is 6.82. The largest absolute Gasteiger partial charge is 1.00 e. The van der Waals surface area contributed by atoms with Crippen molar-refractivity contribution in [3.8, 4) is 34.5 Å². The standard InChI is InChI=1S/C25H27O11PS.2Na/c1-16-6-11-19(12-7-16)38(29,30)36-25-20(31-2)13-10-18(23(25)35-37(26,27)28)9-8-17-14-21(32-3)24(34-5)22(15-17)33-4;;/h6-15H,1-5H3,(H2,26,27,28);;/q;2*+1/p-2/b9-8-;;. The minimum atomic E-state index is -5.67. The number of rotatable bonds is 11. The van der Waals surface area contributed by atoms with Crippen molar-refractivity contribution < 1.29 is 110 Å². The van der Waals surface area contributed by atoms with Crippen LogP contribution in [-0.2, 0) is 14.7 Å². The summed E-state index contributed by atoms with van der Waals surface area (Å²) in [5.41, 5.74) is 1.34. The number of phosphoric ester groups is 1. The first-order valence-electron chi connectivity index (χ1n) is 10.8. The molecule has 0 aliphatic rings. The van der Waals surface area contributed by atoms with E-state index >= 15 is 0 Å². The average molecular weight is 610 g/mol. The summed E-state index contributed by atoms with van der Waals surface area (Å²) in [7, 11) is -4.59. The summed E-state index contributed by atoms with van der Waals surface area (Å²) in [5, 5.41) is 0. The molecular weight excluding hydrogens is 585 g/mol. The normalized spacial score (nSPS) is 11.2. The predicted molar refractivity (Wildman–Crippen MR) is 135 cm³/mol. The van der Waals surface area contributed by atoms with E-state index in [0.29, 0.717) is 22.8 Å². The Labute approximate surface area is 277 Å². The Morgan fingerprint density at radius 2 is 1.27 bits per heavy atom. The molecule has 0 bridgehead atoms. The molecule has 0 unspecified atom stereocenters. The number of hydrogen-bond donors (Lipinski definition) is 0. The summed E-state index contributed by atoms with van der Waals surface area (Å²) in [6.07, 6.45) is 2.91. The van der Waals surface area contributed by atoms with Crippen molar-refractivity contribution in [2.24, 2.45) is 0 Å². The Kier molecular flexibility index (Phi) is 14.1. The van der Waals surface area contributed by atoms with Crippen LogP contribution < -0.4 is 96.6 Å². The van der Waals surface area contributed by atoms with Crippen LogP contribution in [-0.4, -0.2) is 36.9 Å². The maximum absolute atomic E-state index is 13.0. The first-order chi connectivity index (χ1) is 17.9. The Morgan fingerprint density at radius 1 is 0.725 bits per heavy atom. The van der Waals surface area contributed by atoms with Gasteiger partial charge in [0.2, 0.25) is 11.5 Å². The summed E-state index contributed by atoms with van der Waals surface area (Å²) in [5.74, 6) is -0.404. The Hall–Kier alpha value is -1.70. The van der Waals surface area contributed by atoms with E-state index in [2.05, 4.69) is 4.52 Å². The van der Waals surface area contributed by atoms with E-state index in [4.69, 9.17) is 23.1 Å². The second kappa shape index (κ2) is 15.5. The molecule has 0 saturated carbocycles. The van der Waals surface area contributed by atoms with Gasteiger partial charge in [-0.1, -0.05) is 29.8 Å². The number of methoxy groups -OCH3 is 4. The van der Waals surface area contributed by atoms with Crippen molar-refractivity contribution >= 4 is 30.1 Å². The number of benzene rings is 3. The summed E-state index contributed by atoms with van der Waals surface area (Å²) in [6, 6.07) is 11.7. The van der Waals surface area contributed by atoms with Crippen LogP contribution in [0.25, 0.3) is 12.2 Å². The second-order valence-corrected chi connectivity index (χ2v) is 10.3. The quantitative estimate of drug-likeness (QED) is 0.0957. The molecule has 3 rings (SSSR count). The van der Waals surface area contributed by atoms with Gasteiger partial charge in [-0.2, -0.15) is 8.42 Å². The van der Waals surface area contributed by atoms with Gasteiger partial charge in [0.1, 0.15) is 12.7 Å². The fourth-order valence-corrected chi connectivity index (χ4v) is 4.74. The molecule has 40 heavy (non-hydrogen) atoms. The zero-order valence-electron chi connectivity index (χ0n) is 23.1. The smallest absolute Gasteiger partial charge is 0.780 e. The molecular formula is C25H25Na2O11PS. The first-order valence-corrected chi connectivity index (χ1v) is 13.7. The molecule has 0 saturated heterocycles. The summed E-state index contributed by atoms with van der Waals surface area (Å²) in [6.45, 7) is 1.77. The molecule has 0 fully saturated rings. The third-order valence-electron chi connectivity index (χ3n) is 5.17. The van der Waals surface area contributed by atoms with Gasteiger partial charge in [0.15, 0.2) is 23.0 Å². The minimum Gasteiger partial charge on any atom is -0.780 e. The van der Waals surface area contributed by atoms with E-state index in [9.17, 15) is 22.8 Å². The molecule has 3 aromatic rings. The number of aryl methyl sites for hydroxylation is 1. The van der Waals surface area contributed by atoms with Crippen LogP contribution in [0.3, 0.4) is 0 Å². The molecule has 3 aromatic carbocycles. The van der Waals surface area contributed by atoms with Gasteiger partial charge in [0, 0.05) is 5.56 Å². The van der Waals surface area contributed by atoms with Crippen molar-refractivity contribution in [1.29, 1.82) is 0 Å². The van der Waals surface area contributed by atoms with E-state index < -0.39 is 29.4 Å². The maximum atomic E-state index is 13.0. The molecule has 0 radical (unpaired) electrons. The van der Waals surface area contributed by atoms with E-state index in [1.807, 2.05) is 0 Å². The van der Waals surface area contributed by atoms with Crippen LogP contribution in [0.15, 0.2) is 53.4 Å². The zero-order chi connectivity index (χ0) is 28.1. The summed E-state index contributed by atoms with van der Waals surface area (Å²) in [4.78, 5) is 23.0. The van der Waals surface area contributed by atoms with Crippen LogP contribution >= 0.6 is 7.82 Å². The molecule has 0 spiro atoms. The molecule has 11 nitrogen and oxygen atoms in total. The summed E-state index contributed by atoms with van der Waals surface area (Å²) >= 11 is 0. The monoisotopic (exact) mass is 610 g/mol. The topological polar surface area (TPSA) is 153 Å². The molecule has 0 atom stereocenters. The van der Waals surface area contributed by atoms with Crippen LogP contribution in [0.5, 0.6) is 34.5 Å². The minimum absolute atomic E-state index is 0. The molecule has 0 amide bonds. The molecule has 204 valence electrons. The predicted octanol–water partition coefficient (Wildman–Crippen LogP) is -2.82. The molecule has 0 aliphatic carbocycles. The van der Waals surface area contributed by atoms with Crippen molar-refractivity contribution in [3.63, 3.8) is 0 Å². The maximum Gasteiger partial charge on any atom is 1.00 e. The molecule has 0 heterocycles. The fourth-order valence-electron chi connectivity index (χ4n) is 3.38. The van der Waals surface area contributed by atoms with Crippen LogP contribution in [0, 0.1) is 6.92 Å². The Morgan fingerprint density at radius 3 is 1.75 bits per heavy atom. The van der Waals surface area contributed by atoms with E-state index in [0.717, 1.165) is 5.56 Å². The van der Waals surface area contributed by atoms with Gasteiger partial charge in [-0.25, -0.2) is 0 Å². The molecule has 15 heteroatoms. The van der Waals surface area contributed by atoms with Gasteiger partial charge in [0.25, 0.3) is 0 Å². The Balaban J connectivity index is 0.00000400. The van der Waals surface area contributed by atoms with Crippen molar-refractivity contribution in [3.05, 3.63) is 65.2 Å². The number of phosphoric acid groups is 1. The van der Waals surface area contributed by atoms with Gasteiger partial charge in [-0.15, -0.1) is 0 Å². The van der Waals surface area contributed by atoms with Crippen LogP contribution in [0.2, 0.25) is 0 Å². The number of ether oxygens (including phenoxy) is 4. The van der Waals surface area contributed by atoms with Crippen molar-refractivity contribution in [1.82, 2.24) is 0 Å². The SMILES string of the molecule is COc1cc(/C=C\c2ccc(OC)c(OS(=O)(=O)c3ccc(C)cc3)c2OP(=O)([O-])[O-])cc(OC)c1OC.[Na+].[Na+]. The Bertz CT molecular complexity index is 1460. The third kappa shape index (κ3) is 9.15. The van der Waals surface area contributed by atoms with Crippen LogP contribution in [0.4, 0.5) is 0 Å². The zero-order valence-corrected chi connectivity index (χ0v) is 28.8. The van der Waals surface area contributed by atoms with E-state index in [-0.39, 0.29) is 75.3 Å². The first kappa shape index (κ1) is 36.3. The fraction of sp³-hybridized carbons (Fsp3) is 0.200. The second-order valence-electron chi connectivity index (χ2n) is 7.70. The van der Waals surface area contributed by atoms with Gasteiger partial charge in [0.05, 0.1) is 28.4 Å². The van der Waals surface area contributed by atoms with Gasteiger partial charge in [-0.3, -0.25) is 0 Å². The van der Waals surface area contributed by atoms with Crippen LogP contribution in [0.1, 0.15) is 16.7 Å². The van der Waals surface area contributed by atoms with Crippen molar-refractivity contribution in [2.75, 3.05) is 28.4 Å².